The zero-order chi connectivity index (χ0) is 7.11. The van der Waals surface area contributed by atoms with Gasteiger partial charge in [-0.25, -0.2) is 0 Å². The average Bonchev–Trinajstić information content (AvgIpc) is 1.80. The quantitative estimate of drug-likeness (QED) is 0.549. The predicted octanol–water partition coefficient (Wildman–Crippen LogP) is 0.187. The van der Waals surface area contributed by atoms with E-state index in [-0.39, 0.29) is 13.0 Å². The standard InChI is InChI=1S/C5H10O3S/c6-2-4-9-3-1-5(7)8/h6H,1-4H2,(H,7,8). The number of rotatable bonds is 5. The van der Waals surface area contributed by atoms with E-state index in [1.54, 1.807) is 0 Å². The van der Waals surface area contributed by atoms with Crippen molar-refractivity contribution >= 4 is 17.7 Å². The Balaban J connectivity index is 2.83. The number of carboxylic acids is 1. The molecule has 0 aliphatic rings. The van der Waals surface area contributed by atoms with Gasteiger partial charge in [-0.15, -0.1) is 0 Å². The van der Waals surface area contributed by atoms with Crippen LogP contribution in [0, 0.1) is 0 Å². The third-order valence-electron chi connectivity index (χ3n) is 0.696. The number of aliphatic carboxylic acids is 1. The first-order valence-electron chi connectivity index (χ1n) is 2.67. The first kappa shape index (κ1) is 8.78. The van der Waals surface area contributed by atoms with Crippen LogP contribution in [0.3, 0.4) is 0 Å². The molecular weight excluding hydrogens is 140 g/mol. The predicted molar refractivity (Wildman–Crippen MR) is 36.7 cm³/mol. The largest absolute Gasteiger partial charge is 0.481 e. The third-order valence-corrected chi connectivity index (χ3v) is 1.66. The zero-order valence-corrected chi connectivity index (χ0v) is 5.86. The summed E-state index contributed by atoms with van der Waals surface area (Å²) >= 11 is 1.45. The molecule has 0 radical (unpaired) electrons. The van der Waals surface area contributed by atoms with Crippen molar-refractivity contribution in [1.82, 2.24) is 0 Å². The number of aliphatic hydroxyl groups is 1. The van der Waals surface area contributed by atoms with Gasteiger partial charge in [0.25, 0.3) is 0 Å². The van der Waals surface area contributed by atoms with E-state index < -0.39 is 5.97 Å². The Morgan fingerprint density at radius 1 is 1.44 bits per heavy atom. The van der Waals surface area contributed by atoms with Crippen LogP contribution in [0.15, 0.2) is 0 Å². The number of carbonyl (C=O) groups is 1. The molecule has 4 heteroatoms. The monoisotopic (exact) mass is 150 g/mol. The van der Waals surface area contributed by atoms with Gasteiger partial charge in [-0.1, -0.05) is 0 Å². The maximum absolute atomic E-state index is 9.89. The Morgan fingerprint density at radius 3 is 2.56 bits per heavy atom. The Hall–Kier alpha value is -0.220. The lowest BCUT2D eigenvalue weighted by Crippen LogP contribution is -1.97. The molecule has 0 saturated heterocycles. The van der Waals surface area contributed by atoms with Crippen molar-refractivity contribution < 1.29 is 15.0 Å². The van der Waals surface area contributed by atoms with Gasteiger partial charge < -0.3 is 10.2 Å². The second kappa shape index (κ2) is 5.91. The van der Waals surface area contributed by atoms with Gasteiger partial charge >= 0.3 is 5.97 Å². The molecule has 9 heavy (non-hydrogen) atoms. The van der Waals surface area contributed by atoms with Gasteiger partial charge in [0.2, 0.25) is 0 Å². The minimum absolute atomic E-state index is 0.129. The highest BCUT2D eigenvalue weighted by Gasteiger charge is 1.94. The molecule has 0 spiro atoms. The summed E-state index contributed by atoms with van der Waals surface area (Å²) in [5.41, 5.74) is 0. The average molecular weight is 150 g/mol. The molecule has 0 fully saturated rings. The van der Waals surface area contributed by atoms with E-state index in [4.69, 9.17) is 10.2 Å². The fraction of sp³-hybridized carbons (Fsp3) is 0.800. The molecule has 2 N–H and O–H groups in total. The van der Waals surface area contributed by atoms with Gasteiger partial charge in [0.05, 0.1) is 13.0 Å². The molecule has 0 aliphatic heterocycles. The number of hydrogen-bond donors (Lipinski definition) is 2. The molecule has 0 unspecified atom stereocenters. The van der Waals surface area contributed by atoms with Crippen molar-refractivity contribution in [2.75, 3.05) is 18.1 Å². The van der Waals surface area contributed by atoms with Gasteiger partial charge in [0.1, 0.15) is 0 Å². The Labute approximate surface area is 58.1 Å². The van der Waals surface area contributed by atoms with Crippen molar-refractivity contribution in [3.63, 3.8) is 0 Å². The Kier molecular flexibility index (Phi) is 5.76. The topological polar surface area (TPSA) is 57.5 Å². The third kappa shape index (κ3) is 7.78. The van der Waals surface area contributed by atoms with Crippen LogP contribution in [0.1, 0.15) is 6.42 Å². The molecule has 0 bridgehead atoms. The molecule has 0 aromatic rings. The summed E-state index contributed by atoms with van der Waals surface area (Å²) < 4.78 is 0. The summed E-state index contributed by atoms with van der Waals surface area (Å²) in [7, 11) is 0. The summed E-state index contributed by atoms with van der Waals surface area (Å²) in [5.74, 6) is 0.448. The van der Waals surface area contributed by atoms with E-state index >= 15 is 0 Å². The Morgan fingerprint density at radius 2 is 2.11 bits per heavy atom. The van der Waals surface area contributed by atoms with Crippen LogP contribution in [0.4, 0.5) is 0 Å². The van der Waals surface area contributed by atoms with Gasteiger partial charge in [0, 0.05) is 11.5 Å². The molecule has 0 saturated carbocycles. The maximum Gasteiger partial charge on any atom is 0.304 e. The van der Waals surface area contributed by atoms with Crippen LogP contribution >= 0.6 is 11.8 Å². The van der Waals surface area contributed by atoms with E-state index in [1.807, 2.05) is 0 Å². The second-order valence-corrected chi connectivity index (χ2v) is 2.70. The van der Waals surface area contributed by atoms with Crippen molar-refractivity contribution in [3.8, 4) is 0 Å². The first-order valence-corrected chi connectivity index (χ1v) is 3.83. The number of hydrogen-bond acceptors (Lipinski definition) is 3. The molecule has 0 aromatic carbocycles. The molecule has 3 nitrogen and oxygen atoms in total. The van der Waals surface area contributed by atoms with Gasteiger partial charge in [0.15, 0.2) is 0 Å². The van der Waals surface area contributed by atoms with Crippen LogP contribution in [0.5, 0.6) is 0 Å². The van der Waals surface area contributed by atoms with E-state index in [0.717, 1.165) is 0 Å². The first-order chi connectivity index (χ1) is 4.27. The summed E-state index contributed by atoms with van der Waals surface area (Å²) in [6.45, 7) is 0.129. The highest BCUT2D eigenvalue weighted by Crippen LogP contribution is 1.99. The normalized spacial score (nSPS) is 9.44. The van der Waals surface area contributed by atoms with Crippen molar-refractivity contribution in [2.45, 2.75) is 6.42 Å². The van der Waals surface area contributed by atoms with Crippen LogP contribution in [0.2, 0.25) is 0 Å². The lowest BCUT2D eigenvalue weighted by atomic mass is 10.5. The molecule has 0 heterocycles. The molecule has 0 rings (SSSR count). The Bertz CT molecular complexity index is 84.3. The van der Waals surface area contributed by atoms with E-state index in [0.29, 0.717) is 11.5 Å². The maximum atomic E-state index is 9.89. The summed E-state index contributed by atoms with van der Waals surface area (Å²) in [4.78, 5) is 9.89. The van der Waals surface area contributed by atoms with Gasteiger partial charge in [-0.3, -0.25) is 4.79 Å². The second-order valence-electron chi connectivity index (χ2n) is 1.48. The summed E-state index contributed by atoms with van der Waals surface area (Å²) in [6, 6.07) is 0. The minimum atomic E-state index is -0.777. The van der Waals surface area contributed by atoms with Crippen molar-refractivity contribution in [2.24, 2.45) is 0 Å². The number of thioether (sulfide) groups is 1. The van der Waals surface area contributed by atoms with Crippen LogP contribution in [-0.4, -0.2) is 34.3 Å². The van der Waals surface area contributed by atoms with E-state index in [1.165, 1.54) is 11.8 Å². The molecule has 0 aromatic heterocycles. The van der Waals surface area contributed by atoms with Crippen LogP contribution < -0.4 is 0 Å². The highest BCUT2D eigenvalue weighted by molar-refractivity contribution is 7.99. The lowest BCUT2D eigenvalue weighted by Gasteiger charge is -1.93. The summed E-state index contributed by atoms with van der Waals surface area (Å²) in [6.07, 6.45) is 0.185. The van der Waals surface area contributed by atoms with E-state index in [2.05, 4.69) is 0 Å². The summed E-state index contributed by atoms with van der Waals surface area (Å²) in [5, 5.41) is 16.4. The number of carboxylic acid groups (broad SMARTS) is 1. The molecule has 0 aliphatic carbocycles. The highest BCUT2D eigenvalue weighted by atomic mass is 32.2. The zero-order valence-electron chi connectivity index (χ0n) is 5.04. The fourth-order valence-corrected chi connectivity index (χ4v) is 0.978. The van der Waals surface area contributed by atoms with Gasteiger partial charge in [-0.05, 0) is 0 Å². The van der Waals surface area contributed by atoms with E-state index in [9.17, 15) is 4.79 Å². The fourth-order valence-electron chi connectivity index (χ4n) is 0.326. The number of aliphatic hydroxyl groups excluding tert-OH is 1. The minimum Gasteiger partial charge on any atom is -0.481 e. The molecule has 0 amide bonds. The molecular formula is C5H10O3S. The molecule has 0 atom stereocenters. The van der Waals surface area contributed by atoms with Gasteiger partial charge in [-0.2, -0.15) is 11.8 Å². The molecule has 54 valence electrons. The van der Waals surface area contributed by atoms with Crippen molar-refractivity contribution in [3.05, 3.63) is 0 Å². The smallest absolute Gasteiger partial charge is 0.304 e. The van der Waals surface area contributed by atoms with Crippen LogP contribution in [0.25, 0.3) is 0 Å². The SMILES string of the molecule is O=C(O)CCSCCO. The lowest BCUT2D eigenvalue weighted by molar-refractivity contribution is -0.136. The van der Waals surface area contributed by atoms with Crippen molar-refractivity contribution in [1.29, 1.82) is 0 Å². The van der Waals surface area contributed by atoms with Crippen LogP contribution in [-0.2, 0) is 4.79 Å².